The molecule has 0 aliphatic heterocycles. The third kappa shape index (κ3) is 16.2. The second-order valence-corrected chi connectivity index (χ2v) is 13.6. The molecule has 2 aromatic rings. The van der Waals surface area contributed by atoms with Gasteiger partial charge in [-0.05, 0) is 44.2 Å². The molecule has 3 rings (SSSR count). The Morgan fingerprint density at radius 3 is 1.96 bits per heavy atom. The number of fused-ring (bicyclic) bond motifs is 1. The molecule has 0 atom stereocenters. The van der Waals surface area contributed by atoms with Crippen LogP contribution in [0.2, 0.25) is 0 Å². The number of pyridine rings is 1. The highest BCUT2D eigenvalue weighted by molar-refractivity contribution is 5.76. The molecule has 1 aliphatic carbocycles. The van der Waals surface area contributed by atoms with E-state index in [9.17, 15) is 9.59 Å². The van der Waals surface area contributed by atoms with Gasteiger partial charge in [0.15, 0.2) is 11.7 Å². The number of nitrogens with one attached hydrogen (secondary N) is 1. The van der Waals surface area contributed by atoms with E-state index in [1.807, 2.05) is 0 Å². The van der Waals surface area contributed by atoms with Crippen molar-refractivity contribution in [2.45, 2.75) is 174 Å². The van der Waals surface area contributed by atoms with Gasteiger partial charge in [0.2, 0.25) is 5.52 Å². The zero-order valence-electron chi connectivity index (χ0n) is 29.8. The standard InChI is InChI=1S/C40H64N2O4.BrH/c1-3-4-5-6-7-8-9-10-11-12-13-14-15-16-17-24-31-41-40(44)46-33-35-32-34-25-18-21-28-37(34)42(36-26-19-20-27-36)38(35)29-22-23-30-39(43)45-2;/h18,21,25,28,32,36H,3-17,19-20,22-24,26-27,29-31,33H2,1-2H3;1H. The molecule has 0 bridgehead atoms. The van der Waals surface area contributed by atoms with E-state index < -0.39 is 0 Å². The summed E-state index contributed by atoms with van der Waals surface area (Å²) in [5.41, 5.74) is 3.55. The second-order valence-electron chi connectivity index (χ2n) is 13.6. The molecule has 7 heteroatoms. The van der Waals surface area contributed by atoms with E-state index in [1.165, 1.54) is 139 Å². The number of nitrogens with zero attached hydrogens (tertiary/aromatic N) is 1. The van der Waals surface area contributed by atoms with Crippen molar-refractivity contribution >= 4 is 23.0 Å². The van der Waals surface area contributed by atoms with Crippen LogP contribution >= 0.6 is 0 Å². The highest BCUT2D eigenvalue weighted by atomic mass is 79.9. The molecule has 1 aromatic heterocycles. The Labute approximate surface area is 296 Å². The molecule has 1 fully saturated rings. The Balaban J connectivity index is 0.00000768. The molecule has 47 heavy (non-hydrogen) atoms. The lowest BCUT2D eigenvalue weighted by molar-refractivity contribution is -0.704. The average Bonchev–Trinajstić information content (AvgIpc) is 3.61. The molecule has 1 N–H and O–H groups in total. The highest BCUT2D eigenvalue weighted by Gasteiger charge is 2.31. The fourth-order valence-electron chi connectivity index (χ4n) is 7.11. The van der Waals surface area contributed by atoms with Crippen LogP contribution in [0.15, 0.2) is 30.3 Å². The summed E-state index contributed by atoms with van der Waals surface area (Å²) >= 11 is 0. The minimum Gasteiger partial charge on any atom is -1.00 e. The van der Waals surface area contributed by atoms with Crippen LogP contribution < -0.4 is 26.9 Å². The Bertz CT molecular complexity index is 1130. The summed E-state index contributed by atoms with van der Waals surface area (Å²) in [4.78, 5) is 24.4. The monoisotopic (exact) mass is 716 g/mol. The molecule has 1 aliphatic rings. The van der Waals surface area contributed by atoms with Crippen molar-refractivity contribution in [2.24, 2.45) is 0 Å². The summed E-state index contributed by atoms with van der Waals surface area (Å²) in [6.45, 7) is 3.21. The van der Waals surface area contributed by atoms with Gasteiger partial charge in [-0.2, -0.15) is 4.57 Å². The van der Waals surface area contributed by atoms with E-state index in [0.717, 1.165) is 37.7 Å². The molecule has 1 saturated carbocycles. The van der Waals surface area contributed by atoms with Crippen LogP contribution in [0.25, 0.3) is 10.9 Å². The van der Waals surface area contributed by atoms with Crippen LogP contribution in [0.1, 0.15) is 172 Å². The topological polar surface area (TPSA) is 68.5 Å². The lowest BCUT2D eigenvalue weighted by Gasteiger charge is -2.17. The zero-order chi connectivity index (χ0) is 32.7. The molecule has 266 valence electrons. The van der Waals surface area contributed by atoms with Gasteiger partial charge in [-0.1, -0.05) is 115 Å². The fraction of sp³-hybridized carbons (Fsp3) is 0.725. The number of carbonyl (C=O) groups excluding carboxylic acids is 2. The van der Waals surface area contributed by atoms with Gasteiger partial charge in [0.1, 0.15) is 6.61 Å². The minimum absolute atomic E-state index is 0. The number of hydrogen-bond acceptors (Lipinski definition) is 4. The first-order valence-electron chi connectivity index (χ1n) is 19.1. The normalized spacial score (nSPS) is 13.1. The SMILES string of the molecule is CCCCCCCCCCCCCCCCCCNC(=O)OCc1cc2ccccc2[n+](C2CCCC2)c1CCCCC(=O)OC.[Br-]. The molecule has 0 radical (unpaired) electrons. The highest BCUT2D eigenvalue weighted by Crippen LogP contribution is 2.29. The van der Waals surface area contributed by atoms with Crippen molar-refractivity contribution in [3.8, 4) is 0 Å². The average molecular weight is 718 g/mol. The number of rotatable bonds is 25. The number of esters is 1. The quantitative estimate of drug-likeness (QED) is 0.0653. The second kappa shape index (κ2) is 25.8. The molecule has 0 unspecified atom stereocenters. The van der Waals surface area contributed by atoms with Crippen LogP contribution in [-0.4, -0.2) is 25.7 Å². The first-order valence-corrected chi connectivity index (χ1v) is 19.1. The molecular weight excluding hydrogens is 652 g/mol. The maximum absolute atomic E-state index is 12.7. The van der Waals surface area contributed by atoms with E-state index in [-0.39, 0.29) is 35.7 Å². The number of alkyl carbamates (subject to hydrolysis) is 1. The van der Waals surface area contributed by atoms with Crippen molar-refractivity contribution in [1.82, 2.24) is 5.32 Å². The number of halogens is 1. The Hall–Kier alpha value is -2.15. The van der Waals surface area contributed by atoms with Gasteiger partial charge in [0, 0.05) is 43.7 Å². The van der Waals surface area contributed by atoms with Crippen molar-refractivity contribution < 1.29 is 40.6 Å². The first kappa shape index (κ1) is 41.0. The number of benzene rings is 1. The van der Waals surface area contributed by atoms with Gasteiger partial charge < -0.3 is 31.8 Å². The Morgan fingerprint density at radius 1 is 0.787 bits per heavy atom. The number of aromatic nitrogens is 1. The van der Waals surface area contributed by atoms with E-state index in [4.69, 9.17) is 9.47 Å². The Kier molecular flexibility index (Phi) is 22.5. The van der Waals surface area contributed by atoms with E-state index in [2.05, 4.69) is 47.1 Å². The molecule has 1 amide bonds. The van der Waals surface area contributed by atoms with Gasteiger partial charge in [-0.25, -0.2) is 4.79 Å². The molecule has 1 aromatic carbocycles. The predicted molar refractivity (Wildman–Crippen MR) is 189 cm³/mol. The number of para-hydroxylation sites is 1. The van der Waals surface area contributed by atoms with E-state index in [1.54, 1.807) is 0 Å². The maximum atomic E-state index is 12.7. The first-order chi connectivity index (χ1) is 22.6. The number of ether oxygens (including phenoxy) is 2. The summed E-state index contributed by atoms with van der Waals surface area (Å²) in [5.74, 6) is -0.160. The largest absolute Gasteiger partial charge is 1.00 e. The molecule has 0 spiro atoms. The number of unbranched alkanes of at least 4 members (excludes halogenated alkanes) is 16. The van der Waals surface area contributed by atoms with Crippen molar-refractivity contribution in [2.75, 3.05) is 13.7 Å². The molecule has 0 saturated heterocycles. The van der Waals surface area contributed by atoms with Crippen molar-refractivity contribution in [3.63, 3.8) is 0 Å². The van der Waals surface area contributed by atoms with Crippen LogP contribution in [0, 0.1) is 0 Å². The summed E-state index contributed by atoms with van der Waals surface area (Å²) < 4.78 is 13.2. The number of methoxy groups -OCH3 is 1. The summed E-state index contributed by atoms with van der Waals surface area (Å²) in [6.07, 6.45) is 28.9. The van der Waals surface area contributed by atoms with Gasteiger partial charge in [0.05, 0.1) is 12.7 Å². The smallest absolute Gasteiger partial charge is 0.407 e. The minimum atomic E-state index is -0.335. The van der Waals surface area contributed by atoms with Crippen molar-refractivity contribution in [1.29, 1.82) is 0 Å². The Morgan fingerprint density at radius 2 is 1.36 bits per heavy atom. The number of carbonyl (C=O) groups is 2. The van der Waals surface area contributed by atoms with Crippen LogP contribution in [0.5, 0.6) is 0 Å². The maximum Gasteiger partial charge on any atom is 0.407 e. The molecule has 6 nitrogen and oxygen atoms in total. The molecule has 1 heterocycles. The van der Waals surface area contributed by atoms with Gasteiger partial charge in [0.25, 0.3) is 0 Å². The fourth-order valence-corrected chi connectivity index (χ4v) is 7.11. The van der Waals surface area contributed by atoms with Crippen LogP contribution in [-0.2, 0) is 27.3 Å². The van der Waals surface area contributed by atoms with E-state index >= 15 is 0 Å². The zero-order valence-corrected chi connectivity index (χ0v) is 31.4. The number of amides is 1. The summed E-state index contributed by atoms with van der Waals surface area (Å²) in [6, 6.07) is 11.2. The van der Waals surface area contributed by atoms with E-state index in [0.29, 0.717) is 19.0 Å². The lowest BCUT2D eigenvalue weighted by atomic mass is 10.0. The molecular formula is C40H65BrN2O4. The van der Waals surface area contributed by atoms with Crippen molar-refractivity contribution in [3.05, 3.63) is 41.6 Å². The lowest BCUT2D eigenvalue weighted by Crippen LogP contribution is -3.00. The third-order valence-electron chi connectivity index (χ3n) is 9.81. The predicted octanol–water partition coefficient (Wildman–Crippen LogP) is 7.62. The number of hydrogen-bond donors (Lipinski definition) is 1. The summed E-state index contributed by atoms with van der Waals surface area (Å²) in [5, 5.41) is 4.16. The van der Waals surface area contributed by atoms with Crippen LogP contribution in [0.3, 0.4) is 0 Å². The van der Waals surface area contributed by atoms with Gasteiger partial charge >= 0.3 is 12.1 Å². The van der Waals surface area contributed by atoms with Crippen LogP contribution in [0.4, 0.5) is 4.79 Å². The van der Waals surface area contributed by atoms with Gasteiger partial charge in [-0.15, -0.1) is 0 Å². The third-order valence-corrected chi connectivity index (χ3v) is 9.81. The van der Waals surface area contributed by atoms with Gasteiger partial charge in [-0.3, -0.25) is 4.79 Å². The summed E-state index contributed by atoms with van der Waals surface area (Å²) in [7, 11) is 1.45.